The summed E-state index contributed by atoms with van der Waals surface area (Å²) in [7, 11) is -3.63. The summed E-state index contributed by atoms with van der Waals surface area (Å²) < 4.78 is 40.5. The molecule has 1 aromatic heterocycles. The van der Waals surface area contributed by atoms with Gasteiger partial charge in [-0.15, -0.1) is 11.3 Å². The molecule has 1 N–H and O–H groups in total. The molecule has 0 aliphatic rings. The third-order valence-electron chi connectivity index (χ3n) is 4.23. The number of sulfonamides is 1. The van der Waals surface area contributed by atoms with Gasteiger partial charge in [0.15, 0.2) is 0 Å². The van der Waals surface area contributed by atoms with E-state index < -0.39 is 15.8 Å². The molecule has 1 heterocycles. The Kier molecular flexibility index (Phi) is 5.42. The summed E-state index contributed by atoms with van der Waals surface area (Å²) in [5.41, 5.74) is 3.62. The SMILES string of the molecule is O=S(=O)(Cc1ccc(F)cc1)Nc1cccc(-c2csc(-c3ccccc3)n2)c1. The fourth-order valence-corrected chi connectivity index (χ4v) is 4.90. The first-order valence-corrected chi connectivity index (χ1v) is 11.4. The largest absolute Gasteiger partial charge is 0.283 e. The molecule has 0 radical (unpaired) electrons. The van der Waals surface area contributed by atoms with Crippen LogP contribution in [0.5, 0.6) is 0 Å². The van der Waals surface area contributed by atoms with Gasteiger partial charge in [0.2, 0.25) is 10.0 Å². The minimum absolute atomic E-state index is 0.230. The molecule has 29 heavy (non-hydrogen) atoms. The standard InChI is InChI=1S/C22H17FN2O2S2/c23-19-11-9-16(10-12-19)15-29(26,27)25-20-8-4-7-18(13-20)21-14-28-22(24-21)17-5-2-1-3-6-17/h1-14,25H,15H2. The van der Waals surface area contributed by atoms with Crippen molar-refractivity contribution in [2.45, 2.75) is 5.75 Å². The van der Waals surface area contributed by atoms with Crippen LogP contribution >= 0.6 is 11.3 Å². The first-order valence-electron chi connectivity index (χ1n) is 8.85. The first-order chi connectivity index (χ1) is 14.0. The number of benzene rings is 3. The Morgan fingerprint density at radius 3 is 2.38 bits per heavy atom. The number of nitrogens with one attached hydrogen (secondary N) is 1. The van der Waals surface area contributed by atoms with Gasteiger partial charge in [0.25, 0.3) is 0 Å². The Morgan fingerprint density at radius 1 is 0.897 bits per heavy atom. The average molecular weight is 425 g/mol. The van der Waals surface area contributed by atoms with E-state index in [4.69, 9.17) is 0 Å². The summed E-state index contributed by atoms with van der Waals surface area (Å²) in [6.07, 6.45) is 0. The predicted octanol–water partition coefficient (Wildman–Crippen LogP) is 5.56. The highest BCUT2D eigenvalue weighted by atomic mass is 32.2. The second-order valence-electron chi connectivity index (χ2n) is 6.47. The summed E-state index contributed by atoms with van der Waals surface area (Å²) in [6.45, 7) is 0. The van der Waals surface area contributed by atoms with Crippen LogP contribution in [-0.4, -0.2) is 13.4 Å². The number of halogens is 1. The van der Waals surface area contributed by atoms with E-state index in [9.17, 15) is 12.8 Å². The lowest BCUT2D eigenvalue weighted by molar-refractivity contribution is 0.600. The Labute approximate surface area is 172 Å². The van der Waals surface area contributed by atoms with Crippen molar-refractivity contribution in [1.29, 1.82) is 0 Å². The molecule has 0 fully saturated rings. The van der Waals surface area contributed by atoms with Crippen molar-refractivity contribution in [3.63, 3.8) is 0 Å². The van der Waals surface area contributed by atoms with Crippen molar-refractivity contribution < 1.29 is 12.8 Å². The number of aromatic nitrogens is 1. The maximum atomic E-state index is 13.0. The van der Waals surface area contributed by atoms with Crippen LogP contribution in [0.25, 0.3) is 21.8 Å². The van der Waals surface area contributed by atoms with Gasteiger partial charge in [-0.3, -0.25) is 4.72 Å². The normalized spacial score (nSPS) is 11.3. The number of rotatable bonds is 6. The molecule has 4 aromatic rings. The highest BCUT2D eigenvalue weighted by Crippen LogP contribution is 2.30. The van der Waals surface area contributed by atoms with Crippen LogP contribution in [0.4, 0.5) is 10.1 Å². The van der Waals surface area contributed by atoms with Crippen LogP contribution in [-0.2, 0) is 15.8 Å². The van der Waals surface area contributed by atoms with Gasteiger partial charge in [-0.05, 0) is 29.8 Å². The maximum absolute atomic E-state index is 13.0. The maximum Gasteiger partial charge on any atom is 0.236 e. The Balaban J connectivity index is 1.53. The summed E-state index contributed by atoms with van der Waals surface area (Å²) in [4.78, 5) is 4.67. The van der Waals surface area contributed by atoms with Crippen molar-refractivity contribution in [3.8, 4) is 21.8 Å². The van der Waals surface area contributed by atoms with Crippen LogP contribution in [0.15, 0.2) is 84.2 Å². The van der Waals surface area contributed by atoms with Crippen LogP contribution in [0.3, 0.4) is 0 Å². The van der Waals surface area contributed by atoms with E-state index in [1.54, 1.807) is 18.2 Å². The van der Waals surface area contributed by atoms with Gasteiger partial charge in [0, 0.05) is 22.2 Å². The van der Waals surface area contributed by atoms with E-state index in [1.807, 2.05) is 41.8 Å². The number of hydrogen-bond acceptors (Lipinski definition) is 4. The van der Waals surface area contributed by atoms with Gasteiger partial charge >= 0.3 is 0 Å². The Morgan fingerprint density at radius 2 is 1.62 bits per heavy atom. The molecule has 0 aliphatic carbocycles. The topological polar surface area (TPSA) is 59.1 Å². The van der Waals surface area contributed by atoms with Crippen molar-refractivity contribution >= 4 is 27.0 Å². The number of hydrogen-bond donors (Lipinski definition) is 1. The van der Waals surface area contributed by atoms with Crippen molar-refractivity contribution in [1.82, 2.24) is 4.98 Å². The molecule has 0 saturated carbocycles. The van der Waals surface area contributed by atoms with Gasteiger partial charge in [0.05, 0.1) is 11.4 Å². The predicted molar refractivity (Wildman–Crippen MR) is 116 cm³/mol. The molecule has 7 heteroatoms. The quantitative estimate of drug-likeness (QED) is 0.441. The molecule has 0 aliphatic heterocycles. The zero-order valence-corrected chi connectivity index (χ0v) is 16.9. The van der Waals surface area contributed by atoms with Crippen LogP contribution in [0.2, 0.25) is 0 Å². The molecule has 0 spiro atoms. The molecule has 0 atom stereocenters. The highest BCUT2D eigenvalue weighted by Gasteiger charge is 2.13. The molecular formula is C22H17FN2O2S2. The molecular weight excluding hydrogens is 407 g/mol. The fourth-order valence-electron chi connectivity index (χ4n) is 2.88. The van der Waals surface area contributed by atoms with Gasteiger partial charge in [0.1, 0.15) is 10.8 Å². The smallest absolute Gasteiger partial charge is 0.236 e. The number of thiazole rings is 1. The lowest BCUT2D eigenvalue weighted by atomic mass is 10.1. The molecule has 146 valence electrons. The molecule has 0 bridgehead atoms. The molecule has 0 amide bonds. The van der Waals surface area contributed by atoms with Crippen molar-refractivity contribution in [2.75, 3.05) is 4.72 Å². The summed E-state index contributed by atoms with van der Waals surface area (Å²) in [5.74, 6) is -0.628. The average Bonchev–Trinajstić information content (AvgIpc) is 3.20. The number of nitrogens with zero attached hydrogens (tertiary/aromatic N) is 1. The Hall–Kier alpha value is -3.03. The van der Waals surface area contributed by atoms with E-state index in [0.717, 1.165) is 21.8 Å². The summed E-state index contributed by atoms with van der Waals surface area (Å²) in [5, 5.41) is 2.86. The van der Waals surface area contributed by atoms with E-state index in [2.05, 4.69) is 9.71 Å². The summed E-state index contributed by atoms with van der Waals surface area (Å²) in [6, 6.07) is 22.4. The molecule has 3 aromatic carbocycles. The monoisotopic (exact) mass is 424 g/mol. The van der Waals surface area contributed by atoms with Gasteiger partial charge in [-0.25, -0.2) is 17.8 Å². The van der Waals surface area contributed by atoms with Gasteiger partial charge in [-0.1, -0.05) is 54.6 Å². The fraction of sp³-hybridized carbons (Fsp3) is 0.0455. The minimum Gasteiger partial charge on any atom is -0.283 e. The second-order valence-corrected chi connectivity index (χ2v) is 9.05. The van der Waals surface area contributed by atoms with E-state index in [1.165, 1.54) is 35.6 Å². The lowest BCUT2D eigenvalue weighted by Crippen LogP contribution is -2.15. The lowest BCUT2D eigenvalue weighted by Gasteiger charge is -2.09. The van der Waals surface area contributed by atoms with Crippen LogP contribution in [0, 0.1) is 5.82 Å². The highest BCUT2D eigenvalue weighted by molar-refractivity contribution is 7.91. The molecule has 0 unspecified atom stereocenters. The van der Waals surface area contributed by atoms with Crippen molar-refractivity contribution in [2.24, 2.45) is 0 Å². The molecule has 4 rings (SSSR count). The van der Waals surface area contributed by atoms with Crippen LogP contribution in [0.1, 0.15) is 5.56 Å². The third kappa shape index (κ3) is 4.88. The second kappa shape index (κ2) is 8.14. The molecule has 0 saturated heterocycles. The van der Waals surface area contributed by atoms with Gasteiger partial charge < -0.3 is 0 Å². The van der Waals surface area contributed by atoms with E-state index >= 15 is 0 Å². The third-order valence-corrected chi connectivity index (χ3v) is 6.38. The van der Waals surface area contributed by atoms with E-state index in [0.29, 0.717) is 11.3 Å². The zero-order valence-electron chi connectivity index (χ0n) is 15.2. The summed E-state index contributed by atoms with van der Waals surface area (Å²) >= 11 is 1.54. The van der Waals surface area contributed by atoms with Gasteiger partial charge in [-0.2, -0.15) is 0 Å². The molecule has 4 nitrogen and oxygen atoms in total. The first kappa shape index (κ1) is 19.3. The van der Waals surface area contributed by atoms with Crippen molar-refractivity contribution in [3.05, 3.63) is 95.6 Å². The zero-order chi connectivity index (χ0) is 20.3. The van der Waals surface area contributed by atoms with E-state index in [-0.39, 0.29) is 5.75 Å². The minimum atomic E-state index is -3.63. The Bertz CT molecular complexity index is 1220. The van der Waals surface area contributed by atoms with Crippen LogP contribution < -0.4 is 4.72 Å². The number of anilines is 1.